The van der Waals surface area contributed by atoms with Crippen molar-refractivity contribution in [2.24, 2.45) is 0 Å². The number of carbonyl (C=O) groups excluding carboxylic acids is 1. The Kier molecular flexibility index (Phi) is 9.27. The molecule has 0 aliphatic carbocycles. The van der Waals surface area contributed by atoms with Crippen molar-refractivity contribution < 1.29 is 26.7 Å². The molecule has 1 N–H and O–H groups in total. The van der Waals surface area contributed by atoms with Crippen LogP contribution < -0.4 is 10.1 Å². The molecule has 0 aliphatic rings. The van der Waals surface area contributed by atoms with Gasteiger partial charge in [-0.3, -0.25) is 4.79 Å². The van der Waals surface area contributed by atoms with Crippen molar-refractivity contribution in [3.05, 3.63) is 48.0 Å². The molecule has 2 aromatic carbocycles. The molecule has 0 bridgehead atoms. The number of hydrogen-bond donors (Lipinski definition) is 1. The van der Waals surface area contributed by atoms with Gasteiger partial charge in [0, 0.05) is 30.2 Å². The summed E-state index contributed by atoms with van der Waals surface area (Å²) in [6.45, 7) is 6.29. The second-order valence-electron chi connectivity index (χ2n) is 6.40. The van der Waals surface area contributed by atoms with Crippen molar-refractivity contribution in [3.63, 3.8) is 0 Å². The van der Waals surface area contributed by atoms with Gasteiger partial charge < -0.3 is 10.1 Å². The quantitative estimate of drug-likeness (QED) is 0.487. The third kappa shape index (κ3) is 6.65. The molecule has 0 saturated carbocycles. The molecule has 10 heteroatoms. The molecular formula is C21H26F2N2O4S2. The zero-order valence-corrected chi connectivity index (χ0v) is 19.3. The summed E-state index contributed by atoms with van der Waals surface area (Å²) < 4.78 is 58.7. The Labute approximate surface area is 186 Å². The molecule has 0 fully saturated rings. The van der Waals surface area contributed by atoms with Crippen molar-refractivity contribution in [2.75, 3.05) is 30.8 Å². The minimum absolute atomic E-state index is 0.0612. The second-order valence-corrected chi connectivity index (χ2v) is 9.51. The van der Waals surface area contributed by atoms with E-state index in [9.17, 15) is 22.0 Å². The van der Waals surface area contributed by atoms with Gasteiger partial charge in [0.25, 0.3) is 0 Å². The lowest BCUT2D eigenvalue weighted by Crippen LogP contribution is -2.30. The Hall–Kier alpha value is -2.17. The maximum Gasteiger partial charge on any atom is 0.243 e. The summed E-state index contributed by atoms with van der Waals surface area (Å²) in [7, 11) is -3.70. The van der Waals surface area contributed by atoms with E-state index in [2.05, 4.69) is 5.32 Å². The summed E-state index contributed by atoms with van der Waals surface area (Å²) in [6, 6.07) is 7.91. The van der Waals surface area contributed by atoms with Crippen LogP contribution in [0.5, 0.6) is 5.75 Å². The van der Waals surface area contributed by atoms with Crippen LogP contribution in [0.3, 0.4) is 0 Å². The normalized spacial score (nSPS) is 11.5. The third-order valence-corrected chi connectivity index (χ3v) is 7.40. The maximum atomic E-state index is 13.3. The molecule has 0 unspecified atom stereocenters. The summed E-state index contributed by atoms with van der Waals surface area (Å²) in [5.41, 5.74) is 0.262. The molecule has 0 radical (unpaired) electrons. The summed E-state index contributed by atoms with van der Waals surface area (Å²) >= 11 is 1.21. The van der Waals surface area contributed by atoms with E-state index < -0.39 is 21.7 Å². The minimum atomic E-state index is -3.70. The van der Waals surface area contributed by atoms with E-state index in [1.165, 1.54) is 40.3 Å². The molecular weight excluding hydrogens is 446 g/mol. The molecule has 0 saturated heterocycles. The van der Waals surface area contributed by atoms with E-state index in [1.807, 2.05) is 0 Å². The average molecular weight is 473 g/mol. The van der Waals surface area contributed by atoms with Gasteiger partial charge in [0.2, 0.25) is 15.9 Å². The molecule has 0 aliphatic heterocycles. The Morgan fingerprint density at radius 2 is 1.77 bits per heavy atom. The van der Waals surface area contributed by atoms with Crippen LogP contribution in [0, 0.1) is 11.6 Å². The molecule has 0 heterocycles. The highest BCUT2D eigenvalue weighted by Crippen LogP contribution is 2.30. The van der Waals surface area contributed by atoms with Gasteiger partial charge in [0.05, 0.1) is 17.2 Å². The Bertz CT molecular complexity index is 1010. The topological polar surface area (TPSA) is 75.7 Å². The second kappa shape index (κ2) is 11.4. The Morgan fingerprint density at radius 1 is 1.06 bits per heavy atom. The standard InChI is InChI=1S/C21H26F2N2O4S2/c1-4-25(5-2)31(27,28)16-8-10-20(29-6-3)19(14-16)24-21(26)11-12-30-15-7-9-17(22)18(23)13-15/h7-10,13-14H,4-6,11-12H2,1-3H3,(H,24,26). The number of benzene rings is 2. The van der Waals surface area contributed by atoms with Gasteiger partial charge in [-0.2, -0.15) is 4.31 Å². The van der Waals surface area contributed by atoms with Gasteiger partial charge in [0.15, 0.2) is 11.6 Å². The fourth-order valence-corrected chi connectivity index (χ4v) is 5.16. The van der Waals surface area contributed by atoms with E-state index in [0.29, 0.717) is 36.1 Å². The molecule has 0 aromatic heterocycles. The van der Waals surface area contributed by atoms with Crippen LogP contribution in [0.2, 0.25) is 0 Å². The molecule has 170 valence electrons. The van der Waals surface area contributed by atoms with Crippen LogP contribution in [0.4, 0.5) is 14.5 Å². The van der Waals surface area contributed by atoms with Crippen molar-refractivity contribution >= 4 is 33.4 Å². The van der Waals surface area contributed by atoms with Crippen LogP contribution in [0.15, 0.2) is 46.2 Å². The first-order chi connectivity index (χ1) is 14.7. The average Bonchev–Trinajstić information content (AvgIpc) is 2.72. The van der Waals surface area contributed by atoms with Crippen molar-refractivity contribution in [1.82, 2.24) is 4.31 Å². The highest BCUT2D eigenvalue weighted by molar-refractivity contribution is 7.99. The fraction of sp³-hybridized carbons (Fsp3) is 0.381. The van der Waals surface area contributed by atoms with E-state index >= 15 is 0 Å². The van der Waals surface area contributed by atoms with E-state index in [4.69, 9.17) is 4.74 Å². The lowest BCUT2D eigenvalue weighted by molar-refractivity contribution is -0.115. The minimum Gasteiger partial charge on any atom is -0.492 e. The summed E-state index contributed by atoms with van der Waals surface area (Å²) in [5, 5.41) is 2.70. The molecule has 0 atom stereocenters. The number of thioether (sulfide) groups is 1. The zero-order valence-electron chi connectivity index (χ0n) is 17.7. The number of anilines is 1. The van der Waals surface area contributed by atoms with Gasteiger partial charge >= 0.3 is 0 Å². The highest BCUT2D eigenvalue weighted by atomic mass is 32.2. The number of ether oxygens (including phenoxy) is 1. The highest BCUT2D eigenvalue weighted by Gasteiger charge is 2.23. The van der Waals surface area contributed by atoms with Crippen LogP contribution in [-0.4, -0.2) is 44.1 Å². The largest absolute Gasteiger partial charge is 0.492 e. The maximum absolute atomic E-state index is 13.3. The number of nitrogens with zero attached hydrogens (tertiary/aromatic N) is 1. The van der Waals surface area contributed by atoms with E-state index in [-0.39, 0.29) is 22.9 Å². The number of nitrogens with one attached hydrogen (secondary N) is 1. The van der Waals surface area contributed by atoms with Gasteiger partial charge in [-0.15, -0.1) is 11.8 Å². The number of halogens is 2. The van der Waals surface area contributed by atoms with Gasteiger partial charge in [-0.1, -0.05) is 13.8 Å². The molecule has 0 spiro atoms. The van der Waals surface area contributed by atoms with Crippen molar-refractivity contribution in [3.8, 4) is 5.75 Å². The van der Waals surface area contributed by atoms with E-state index in [1.54, 1.807) is 20.8 Å². The fourth-order valence-electron chi connectivity index (χ4n) is 2.80. The van der Waals surface area contributed by atoms with Gasteiger partial charge in [-0.25, -0.2) is 17.2 Å². The number of rotatable bonds is 11. The SMILES string of the molecule is CCOc1ccc(S(=O)(=O)N(CC)CC)cc1NC(=O)CCSc1ccc(F)c(F)c1. The van der Waals surface area contributed by atoms with Crippen LogP contribution in [0.1, 0.15) is 27.2 Å². The monoisotopic (exact) mass is 472 g/mol. The smallest absolute Gasteiger partial charge is 0.243 e. The first-order valence-corrected chi connectivity index (χ1v) is 12.3. The van der Waals surface area contributed by atoms with Crippen molar-refractivity contribution in [2.45, 2.75) is 37.0 Å². The van der Waals surface area contributed by atoms with Gasteiger partial charge in [-0.05, 0) is 43.3 Å². The zero-order chi connectivity index (χ0) is 23.0. The molecule has 2 rings (SSSR count). The van der Waals surface area contributed by atoms with Gasteiger partial charge in [0.1, 0.15) is 5.75 Å². The summed E-state index contributed by atoms with van der Waals surface area (Å²) in [6.07, 6.45) is 0.0856. The number of carbonyl (C=O) groups is 1. The van der Waals surface area contributed by atoms with Crippen LogP contribution >= 0.6 is 11.8 Å². The molecule has 2 aromatic rings. The molecule has 31 heavy (non-hydrogen) atoms. The Balaban J connectivity index is 2.12. The van der Waals surface area contributed by atoms with Crippen LogP contribution in [0.25, 0.3) is 0 Å². The molecule has 1 amide bonds. The number of sulfonamides is 1. The number of hydrogen-bond acceptors (Lipinski definition) is 5. The Morgan fingerprint density at radius 3 is 2.39 bits per heavy atom. The lowest BCUT2D eigenvalue weighted by atomic mass is 10.3. The summed E-state index contributed by atoms with van der Waals surface area (Å²) in [4.78, 5) is 13.0. The van der Waals surface area contributed by atoms with Crippen molar-refractivity contribution in [1.29, 1.82) is 0 Å². The first-order valence-electron chi connectivity index (χ1n) is 9.87. The molecule has 6 nitrogen and oxygen atoms in total. The number of amides is 1. The first kappa shape index (κ1) is 25.1. The summed E-state index contributed by atoms with van der Waals surface area (Å²) in [5.74, 6) is -1.53. The van der Waals surface area contributed by atoms with E-state index in [0.717, 1.165) is 12.1 Å². The predicted octanol–water partition coefficient (Wildman–Crippen LogP) is 4.51. The third-order valence-electron chi connectivity index (χ3n) is 4.36. The predicted molar refractivity (Wildman–Crippen MR) is 118 cm³/mol. The lowest BCUT2D eigenvalue weighted by Gasteiger charge is -2.20. The van der Waals surface area contributed by atoms with Crippen LogP contribution in [-0.2, 0) is 14.8 Å².